The van der Waals surface area contributed by atoms with Gasteiger partial charge in [0.2, 0.25) is 0 Å². The van der Waals surface area contributed by atoms with E-state index >= 15 is 0 Å². The third kappa shape index (κ3) is 5.45. The zero-order chi connectivity index (χ0) is 20.0. The Morgan fingerprint density at radius 1 is 1.26 bits per heavy atom. The van der Waals surface area contributed by atoms with Crippen LogP contribution in [0.25, 0.3) is 0 Å². The van der Waals surface area contributed by atoms with Crippen molar-refractivity contribution >= 4 is 27.4 Å². The summed E-state index contributed by atoms with van der Waals surface area (Å²) in [7, 11) is -2.12. The summed E-state index contributed by atoms with van der Waals surface area (Å²) in [6.07, 6.45) is 6.07. The maximum absolute atomic E-state index is 12.6. The number of benzene rings is 1. The fourth-order valence-corrected chi connectivity index (χ4v) is 4.37. The average molecular weight is 397 g/mol. The Kier molecular flexibility index (Phi) is 7.24. The van der Waals surface area contributed by atoms with Crippen molar-refractivity contribution in [2.24, 2.45) is 5.92 Å². The van der Waals surface area contributed by atoms with Gasteiger partial charge in [-0.1, -0.05) is 39.0 Å². The first kappa shape index (κ1) is 21.2. The molecule has 0 heterocycles. The number of hydrogen-bond donors (Lipinski definition) is 2. The van der Waals surface area contributed by atoms with Gasteiger partial charge in [0.25, 0.3) is 5.91 Å². The van der Waals surface area contributed by atoms with E-state index < -0.39 is 27.8 Å². The van der Waals surface area contributed by atoms with Gasteiger partial charge in [0, 0.05) is 5.69 Å². The highest BCUT2D eigenvalue weighted by molar-refractivity contribution is 7.91. The number of carbonyl (C=O) groups is 2. The Labute approximate surface area is 160 Å². The van der Waals surface area contributed by atoms with Crippen LogP contribution in [0.3, 0.4) is 0 Å². The van der Waals surface area contributed by atoms with Crippen molar-refractivity contribution in [2.45, 2.75) is 56.4 Å². The largest absolute Gasteiger partial charge is 0.467 e. The minimum absolute atomic E-state index is 0.0518. The zero-order valence-corrected chi connectivity index (χ0v) is 16.7. The van der Waals surface area contributed by atoms with Crippen LogP contribution in [0.5, 0.6) is 0 Å². The molecule has 3 N–H and O–H groups in total. The highest BCUT2D eigenvalue weighted by Gasteiger charge is 2.27. The van der Waals surface area contributed by atoms with Gasteiger partial charge in [-0.2, -0.15) is 0 Å². The predicted molar refractivity (Wildman–Crippen MR) is 103 cm³/mol. The fourth-order valence-electron chi connectivity index (χ4n) is 3.46. The molecule has 150 valence electrons. The van der Waals surface area contributed by atoms with Gasteiger partial charge in [0.05, 0.1) is 23.3 Å². The number of nitrogen functional groups attached to an aromatic ring is 1. The van der Waals surface area contributed by atoms with E-state index in [1.807, 2.05) is 0 Å². The van der Waals surface area contributed by atoms with E-state index in [1.165, 1.54) is 31.7 Å². The van der Waals surface area contributed by atoms with E-state index in [0.717, 1.165) is 25.7 Å². The second-order valence-corrected chi connectivity index (χ2v) is 9.22. The van der Waals surface area contributed by atoms with Crippen LogP contribution in [-0.4, -0.2) is 39.2 Å². The Bertz CT molecular complexity index is 785. The molecule has 8 heteroatoms. The van der Waals surface area contributed by atoms with Crippen LogP contribution < -0.4 is 11.1 Å². The van der Waals surface area contributed by atoms with E-state index in [-0.39, 0.29) is 21.9 Å². The van der Waals surface area contributed by atoms with Gasteiger partial charge in [-0.15, -0.1) is 0 Å². The van der Waals surface area contributed by atoms with Crippen molar-refractivity contribution < 1.29 is 22.7 Å². The van der Waals surface area contributed by atoms with Crippen molar-refractivity contribution in [3.05, 3.63) is 23.8 Å². The molecule has 0 bridgehead atoms. The lowest BCUT2D eigenvalue weighted by Gasteiger charge is -2.26. The molecular weight excluding hydrogens is 368 g/mol. The molecule has 1 aromatic carbocycles. The Morgan fingerprint density at radius 3 is 2.48 bits per heavy atom. The monoisotopic (exact) mass is 396 g/mol. The Morgan fingerprint density at radius 2 is 1.93 bits per heavy atom. The van der Waals surface area contributed by atoms with Crippen molar-refractivity contribution in [3.63, 3.8) is 0 Å². The fraction of sp³-hybridized carbons (Fsp3) is 0.579. The lowest BCUT2D eigenvalue weighted by molar-refractivity contribution is -0.143. The van der Waals surface area contributed by atoms with Crippen LogP contribution in [0.1, 0.15) is 55.8 Å². The number of carbonyl (C=O) groups excluding carboxylic acids is 2. The lowest BCUT2D eigenvalue weighted by atomic mass is 9.84. The second kappa shape index (κ2) is 9.21. The molecule has 0 radical (unpaired) electrons. The summed E-state index contributed by atoms with van der Waals surface area (Å²) in [5, 5.41) is 2.70. The van der Waals surface area contributed by atoms with Gasteiger partial charge in [-0.3, -0.25) is 4.79 Å². The molecule has 1 aliphatic rings. The summed E-state index contributed by atoms with van der Waals surface area (Å²) in [5.74, 6) is -0.682. The summed E-state index contributed by atoms with van der Waals surface area (Å²) in [5.41, 5.74) is 6.10. The maximum atomic E-state index is 12.6. The number of nitrogens with one attached hydrogen (secondary N) is 1. The number of esters is 1. The summed E-state index contributed by atoms with van der Waals surface area (Å²) in [6, 6.07) is 3.27. The van der Waals surface area contributed by atoms with Crippen LogP contribution in [-0.2, 0) is 19.4 Å². The Hall–Kier alpha value is -2.09. The number of rotatable bonds is 7. The normalized spacial score (nSPS) is 16.5. The summed E-state index contributed by atoms with van der Waals surface area (Å²) in [4.78, 5) is 24.8. The van der Waals surface area contributed by atoms with Crippen LogP contribution in [0.15, 0.2) is 23.1 Å². The Balaban J connectivity index is 2.15. The first-order valence-electron chi connectivity index (χ1n) is 9.29. The molecular formula is C19H28N2O5S. The van der Waals surface area contributed by atoms with Crippen LogP contribution in [0.4, 0.5) is 5.69 Å². The average Bonchev–Trinajstić information content (AvgIpc) is 2.67. The number of sulfone groups is 1. The molecule has 1 unspecified atom stereocenters. The third-order valence-electron chi connectivity index (χ3n) is 5.09. The molecule has 0 spiro atoms. The van der Waals surface area contributed by atoms with Crippen LogP contribution in [0, 0.1) is 5.92 Å². The van der Waals surface area contributed by atoms with Crippen molar-refractivity contribution in [2.75, 3.05) is 18.6 Å². The molecule has 1 fully saturated rings. The smallest absolute Gasteiger partial charge is 0.328 e. The molecule has 7 nitrogen and oxygen atoms in total. The van der Waals surface area contributed by atoms with Gasteiger partial charge in [0.1, 0.15) is 6.04 Å². The molecule has 2 rings (SSSR count). The number of amides is 1. The van der Waals surface area contributed by atoms with Gasteiger partial charge >= 0.3 is 5.97 Å². The van der Waals surface area contributed by atoms with Crippen molar-refractivity contribution in [3.8, 4) is 0 Å². The van der Waals surface area contributed by atoms with E-state index in [0.29, 0.717) is 12.3 Å². The molecule has 0 aliphatic heterocycles. The first-order valence-corrected chi connectivity index (χ1v) is 10.9. The molecule has 1 saturated carbocycles. The maximum Gasteiger partial charge on any atom is 0.328 e. The zero-order valence-electron chi connectivity index (χ0n) is 15.9. The number of ether oxygens (including phenoxy) is 1. The predicted octanol–water partition coefficient (Wildman–Crippen LogP) is 2.30. The number of nitrogens with two attached hydrogens (primary N) is 1. The summed E-state index contributed by atoms with van der Waals surface area (Å²) < 4.78 is 28.7. The van der Waals surface area contributed by atoms with E-state index in [1.54, 1.807) is 6.92 Å². The van der Waals surface area contributed by atoms with Gasteiger partial charge in [-0.25, -0.2) is 13.2 Å². The van der Waals surface area contributed by atoms with Crippen molar-refractivity contribution in [1.82, 2.24) is 5.32 Å². The lowest BCUT2D eigenvalue weighted by Crippen LogP contribution is -2.43. The molecule has 0 saturated heterocycles. The highest BCUT2D eigenvalue weighted by atomic mass is 32.2. The standard InChI is InChI=1S/C19H28N2O5S/c1-3-27(24,25)14-9-10-15(16(20)12-14)18(22)21-17(19(23)26-2)11-13-7-5-4-6-8-13/h9-10,12-13,17H,3-8,11,20H2,1-2H3,(H,21,22). The van der Waals surface area contributed by atoms with Gasteiger partial charge < -0.3 is 15.8 Å². The first-order chi connectivity index (χ1) is 12.8. The van der Waals surface area contributed by atoms with Crippen LogP contribution in [0.2, 0.25) is 0 Å². The van der Waals surface area contributed by atoms with Gasteiger partial charge in [0.15, 0.2) is 9.84 Å². The topological polar surface area (TPSA) is 116 Å². The van der Waals surface area contributed by atoms with E-state index in [9.17, 15) is 18.0 Å². The van der Waals surface area contributed by atoms with E-state index in [4.69, 9.17) is 10.5 Å². The second-order valence-electron chi connectivity index (χ2n) is 6.94. The SMILES string of the molecule is CCS(=O)(=O)c1ccc(C(=O)NC(CC2CCCCC2)C(=O)OC)c(N)c1. The summed E-state index contributed by atoms with van der Waals surface area (Å²) in [6.45, 7) is 1.54. The number of hydrogen-bond acceptors (Lipinski definition) is 6. The quantitative estimate of drug-likeness (QED) is 0.540. The number of methoxy groups -OCH3 is 1. The minimum atomic E-state index is -3.41. The number of anilines is 1. The van der Waals surface area contributed by atoms with Gasteiger partial charge in [-0.05, 0) is 30.5 Å². The molecule has 1 aromatic rings. The highest BCUT2D eigenvalue weighted by Crippen LogP contribution is 2.28. The molecule has 1 aliphatic carbocycles. The van der Waals surface area contributed by atoms with Crippen molar-refractivity contribution in [1.29, 1.82) is 0 Å². The molecule has 1 amide bonds. The molecule has 0 aromatic heterocycles. The summed E-state index contributed by atoms with van der Waals surface area (Å²) >= 11 is 0. The minimum Gasteiger partial charge on any atom is -0.467 e. The molecule has 27 heavy (non-hydrogen) atoms. The van der Waals surface area contributed by atoms with Crippen LogP contribution >= 0.6 is 0 Å². The third-order valence-corrected chi connectivity index (χ3v) is 6.82. The van der Waals surface area contributed by atoms with E-state index in [2.05, 4.69) is 5.32 Å². The molecule has 1 atom stereocenters.